The van der Waals surface area contributed by atoms with Crippen LogP contribution in [0.15, 0.2) is 49.1 Å². The molecule has 3 heterocycles. The predicted octanol–water partition coefficient (Wildman–Crippen LogP) is 4.06. The van der Waals surface area contributed by atoms with Crippen LogP contribution in [0, 0.1) is 0 Å². The fourth-order valence-corrected chi connectivity index (χ4v) is 4.78. The van der Waals surface area contributed by atoms with Crippen molar-refractivity contribution >= 4 is 11.6 Å². The van der Waals surface area contributed by atoms with E-state index in [1.165, 1.54) is 16.7 Å². The summed E-state index contributed by atoms with van der Waals surface area (Å²) in [6, 6.07) is 10.8. The van der Waals surface area contributed by atoms with Gasteiger partial charge in [-0.15, -0.1) is 21.8 Å². The molecule has 1 N–H and O–H groups in total. The molecule has 1 aliphatic carbocycles. The second kappa shape index (κ2) is 6.73. The van der Waals surface area contributed by atoms with E-state index >= 15 is 0 Å². The first kappa shape index (κ1) is 16.9. The molecule has 3 aromatic rings. The van der Waals surface area contributed by atoms with Gasteiger partial charge in [0, 0.05) is 18.9 Å². The lowest BCUT2D eigenvalue weighted by Gasteiger charge is -2.36. The Hall–Kier alpha value is -2.24. The third-order valence-electron chi connectivity index (χ3n) is 6.01. The molecule has 6 heteroatoms. The maximum atomic E-state index is 7.15. The van der Waals surface area contributed by atoms with Gasteiger partial charge < -0.3 is 5.32 Å². The standard InChI is InChI=1S/C21H22ClN5/c22-21(7-5-15(6-8-21)16-2-1-9-23-11-16)18-3-4-19-17(10-18)12-24-13-20-26-25-14-27(19)20/h1-4,9-11,14-15,24H,5-8,12-13H2. The normalized spacial score (nSPS) is 24.7. The molecule has 0 unspecified atom stereocenters. The maximum Gasteiger partial charge on any atom is 0.151 e. The highest BCUT2D eigenvalue weighted by atomic mass is 35.5. The average Bonchev–Trinajstić information content (AvgIpc) is 3.10. The number of nitrogens with one attached hydrogen (secondary N) is 1. The first-order valence-corrected chi connectivity index (χ1v) is 9.93. The van der Waals surface area contributed by atoms with Gasteiger partial charge in [-0.05, 0) is 60.4 Å². The average molecular weight is 380 g/mol. The van der Waals surface area contributed by atoms with E-state index in [0.29, 0.717) is 5.92 Å². The molecule has 5 nitrogen and oxygen atoms in total. The summed E-state index contributed by atoms with van der Waals surface area (Å²) in [4.78, 5) is 3.99. The number of alkyl halides is 1. The Kier molecular flexibility index (Phi) is 4.21. The summed E-state index contributed by atoms with van der Waals surface area (Å²) in [5.41, 5.74) is 4.96. The molecule has 5 rings (SSSR count). The van der Waals surface area contributed by atoms with Crippen LogP contribution in [0.3, 0.4) is 0 Å². The zero-order chi connectivity index (χ0) is 18.3. The Morgan fingerprint density at radius 3 is 2.85 bits per heavy atom. The van der Waals surface area contributed by atoms with E-state index in [-0.39, 0.29) is 4.87 Å². The molecular formula is C21H22ClN5. The van der Waals surface area contributed by atoms with Gasteiger partial charge in [0.15, 0.2) is 5.82 Å². The Bertz CT molecular complexity index is 944. The number of rotatable bonds is 2. The monoisotopic (exact) mass is 379 g/mol. The summed E-state index contributed by atoms with van der Waals surface area (Å²) in [6.07, 6.45) is 9.78. The number of halogens is 1. The van der Waals surface area contributed by atoms with Crippen LogP contribution in [0.25, 0.3) is 5.69 Å². The van der Waals surface area contributed by atoms with Crippen molar-refractivity contribution in [1.29, 1.82) is 0 Å². The molecule has 0 spiro atoms. The van der Waals surface area contributed by atoms with Gasteiger partial charge in [-0.25, -0.2) is 0 Å². The van der Waals surface area contributed by atoms with Gasteiger partial charge in [0.25, 0.3) is 0 Å². The van der Waals surface area contributed by atoms with E-state index in [9.17, 15) is 0 Å². The summed E-state index contributed by atoms with van der Waals surface area (Å²) < 4.78 is 2.07. The Morgan fingerprint density at radius 2 is 2.04 bits per heavy atom. The SMILES string of the molecule is ClC1(c2ccc3c(c2)CNCc2nncn2-3)CCC(c2cccnc2)CC1. The third kappa shape index (κ3) is 3.05. The summed E-state index contributed by atoms with van der Waals surface area (Å²) in [5, 5.41) is 11.7. The second-order valence-corrected chi connectivity index (χ2v) is 8.31. The topological polar surface area (TPSA) is 55.6 Å². The molecule has 1 fully saturated rings. The quantitative estimate of drug-likeness (QED) is 0.682. The van der Waals surface area contributed by atoms with Gasteiger partial charge in [0.1, 0.15) is 6.33 Å². The van der Waals surface area contributed by atoms with Gasteiger partial charge in [-0.1, -0.05) is 18.2 Å². The smallest absolute Gasteiger partial charge is 0.151 e. The van der Waals surface area contributed by atoms with Crippen molar-refractivity contribution in [2.24, 2.45) is 0 Å². The maximum absolute atomic E-state index is 7.15. The highest BCUT2D eigenvalue weighted by Gasteiger charge is 2.36. The fourth-order valence-electron chi connectivity index (χ4n) is 4.45. The van der Waals surface area contributed by atoms with Crippen LogP contribution in [0.1, 0.15) is 54.1 Å². The van der Waals surface area contributed by atoms with E-state index in [2.05, 4.69) is 49.3 Å². The second-order valence-electron chi connectivity index (χ2n) is 7.59. The van der Waals surface area contributed by atoms with Crippen molar-refractivity contribution in [3.8, 4) is 5.69 Å². The van der Waals surface area contributed by atoms with Gasteiger partial charge >= 0.3 is 0 Å². The van der Waals surface area contributed by atoms with Crippen LogP contribution in [0.4, 0.5) is 0 Å². The molecule has 0 saturated heterocycles. The fraction of sp³-hybridized carbons (Fsp3) is 0.381. The number of benzene rings is 1. The van der Waals surface area contributed by atoms with Gasteiger partial charge in [0.2, 0.25) is 0 Å². The molecule has 0 amide bonds. The largest absolute Gasteiger partial charge is 0.306 e. The predicted molar refractivity (Wildman–Crippen MR) is 105 cm³/mol. The van der Waals surface area contributed by atoms with Crippen molar-refractivity contribution < 1.29 is 0 Å². The molecule has 0 radical (unpaired) electrons. The Balaban J connectivity index is 1.40. The molecule has 138 valence electrons. The minimum absolute atomic E-state index is 0.282. The van der Waals surface area contributed by atoms with E-state index in [4.69, 9.17) is 11.6 Å². The molecule has 2 aliphatic rings. The zero-order valence-electron chi connectivity index (χ0n) is 15.1. The summed E-state index contributed by atoms with van der Waals surface area (Å²) in [5.74, 6) is 1.51. The van der Waals surface area contributed by atoms with Crippen LogP contribution in [-0.2, 0) is 18.0 Å². The van der Waals surface area contributed by atoms with Gasteiger partial charge in [-0.2, -0.15) is 0 Å². The van der Waals surface area contributed by atoms with Crippen molar-refractivity contribution in [2.75, 3.05) is 0 Å². The van der Waals surface area contributed by atoms with Crippen molar-refractivity contribution in [2.45, 2.75) is 49.6 Å². The number of aromatic nitrogens is 4. The minimum atomic E-state index is -0.282. The van der Waals surface area contributed by atoms with Crippen molar-refractivity contribution in [1.82, 2.24) is 25.1 Å². The third-order valence-corrected chi connectivity index (χ3v) is 6.60. The zero-order valence-corrected chi connectivity index (χ0v) is 15.9. The lowest BCUT2D eigenvalue weighted by Crippen LogP contribution is -2.26. The summed E-state index contributed by atoms with van der Waals surface area (Å²) >= 11 is 7.15. The van der Waals surface area contributed by atoms with Crippen LogP contribution in [0.5, 0.6) is 0 Å². The lowest BCUT2D eigenvalue weighted by molar-refractivity contribution is 0.359. The highest BCUT2D eigenvalue weighted by molar-refractivity contribution is 6.24. The number of fused-ring (bicyclic) bond motifs is 3. The van der Waals surface area contributed by atoms with E-state index in [0.717, 1.165) is 50.3 Å². The van der Waals surface area contributed by atoms with Crippen LogP contribution in [0.2, 0.25) is 0 Å². The Morgan fingerprint density at radius 1 is 1.15 bits per heavy atom. The first-order chi connectivity index (χ1) is 13.2. The highest BCUT2D eigenvalue weighted by Crippen LogP contribution is 2.48. The van der Waals surface area contributed by atoms with Crippen LogP contribution < -0.4 is 5.32 Å². The first-order valence-electron chi connectivity index (χ1n) is 9.55. The summed E-state index contributed by atoms with van der Waals surface area (Å²) in [6.45, 7) is 1.54. The van der Waals surface area contributed by atoms with Crippen LogP contribution in [-0.4, -0.2) is 19.7 Å². The van der Waals surface area contributed by atoms with Gasteiger partial charge in [-0.3, -0.25) is 9.55 Å². The molecule has 27 heavy (non-hydrogen) atoms. The van der Waals surface area contributed by atoms with Crippen molar-refractivity contribution in [3.63, 3.8) is 0 Å². The molecule has 2 aromatic heterocycles. The molecule has 1 aromatic carbocycles. The lowest BCUT2D eigenvalue weighted by atomic mass is 9.75. The molecule has 1 aliphatic heterocycles. The number of hydrogen-bond donors (Lipinski definition) is 1. The van der Waals surface area contributed by atoms with Crippen LogP contribution >= 0.6 is 11.6 Å². The minimum Gasteiger partial charge on any atom is -0.306 e. The van der Waals surface area contributed by atoms with E-state index < -0.39 is 0 Å². The number of nitrogens with zero attached hydrogens (tertiary/aromatic N) is 4. The molecular weight excluding hydrogens is 358 g/mol. The van der Waals surface area contributed by atoms with Gasteiger partial charge in [0.05, 0.1) is 17.1 Å². The molecule has 0 atom stereocenters. The molecule has 0 bridgehead atoms. The van der Waals surface area contributed by atoms with E-state index in [1.807, 2.05) is 18.5 Å². The molecule has 1 saturated carbocycles. The number of pyridine rings is 1. The summed E-state index contributed by atoms with van der Waals surface area (Å²) in [7, 11) is 0. The van der Waals surface area contributed by atoms with Crippen molar-refractivity contribution in [3.05, 3.63) is 71.6 Å². The Labute approximate surface area is 163 Å². The van der Waals surface area contributed by atoms with E-state index in [1.54, 1.807) is 6.33 Å². The number of hydrogen-bond acceptors (Lipinski definition) is 4.